The van der Waals surface area contributed by atoms with Crippen molar-refractivity contribution in [3.63, 3.8) is 0 Å². The molecule has 26 heavy (non-hydrogen) atoms. The van der Waals surface area contributed by atoms with Gasteiger partial charge in [-0.2, -0.15) is 0 Å². The van der Waals surface area contributed by atoms with E-state index in [1.807, 2.05) is 12.1 Å². The zero-order chi connectivity index (χ0) is 17.9. The molecule has 0 atom stereocenters. The van der Waals surface area contributed by atoms with Gasteiger partial charge < -0.3 is 10.1 Å². The number of carbonyl (C=O) groups is 1. The van der Waals surface area contributed by atoms with Gasteiger partial charge in [0.05, 0.1) is 5.69 Å². The van der Waals surface area contributed by atoms with Crippen LogP contribution in [0, 0.1) is 5.82 Å². The smallest absolute Gasteiger partial charge is 0.251 e. The SMILES string of the molecule is O=C(NC1CC1)c1ccc(-c2ccc(Oc3ccc(F)cc3)nn2)cc1. The number of carbonyl (C=O) groups excluding carboxylic acids is 1. The maximum absolute atomic E-state index is 12.9. The topological polar surface area (TPSA) is 64.1 Å². The summed E-state index contributed by atoms with van der Waals surface area (Å²) in [6, 6.07) is 16.7. The highest BCUT2D eigenvalue weighted by atomic mass is 19.1. The van der Waals surface area contributed by atoms with Gasteiger partial charge in [0, 0.05) is 23.2 Å². The molecule has 1 saturated carbocycles. The molecule has 1 N–H and O–H groups in total. The molecule has 0 unspecified atom stereocenters. The van der Waals surface area contributed by atoms with Gasteiger partial charge in [0.1, 0.15) is 11.6 Å². The van der Waals surface area contributed by atoms with Crippen LogP contribution in [0.4, 0.5) is 4.39 Å². The molecule has 5 nitrogen and oxygen atoms in total. The van der Waals surface area contributed by atoms with Crippen molar-refractivity contribution in [3.8, 4) is 22.9 Å². The van der Waals surface area contributed by atoms with E-state index in [-0.39, 0.29) is 11.7 Å². The van der Waals surface area contributed by atoms with Crippen molar-refractivity contribution in [2.45, 2.75) is 18.9 Å². The van der Waals surface area contributed by atoms with Crippen molar-refractivity contribution < 1.29 is 13.9 Å². The Morgan fingerprint density at radius 2 is 1.69 bits per heavy atom. The fourth-order valence-corrected chi connectivity index (χ4v) is 2.44. The standard InChI is InChI=1S/C20H16FN3O2/c21-15-5-9-17(10-6-15)26-19-12-11-18(23-24-19)13-1-3-14(4-2-13)20(25)22-16-7-8-16/h1-6,9-12,16H,7-8H2,(H,22,25). The summed E-state index contributed by atoms with van der Waals surface area (Å²) in [6.45, 7) is 0. The minimum Gasteiger partial charge on any atom is -0.438 e. The van der Waals surface area contributed by atoms with Crippen LogP contribution in [0.3, 0.4) is 0 Å². The van der Waals surface area contributed by atoms with E-state index >= 15 is 0 Å². The lowest BCUT2D eigenvalue weighted by Crippen LogP contribution is -2.25. The average molecular weight is 349 g/mol. The molecule has 0 saturated heterocycles. The van der Waals surface area contributed by atoms with Gasteiger partial charge in [-0.15, -0.1) is 10.2 Å². The summed E-state index contributed by atoms with van der Waals surface area (Å²) >= 11 is 0. The van der Waals surface area contributed by atoms with Gasteiger partial charge in [-0.25, -0.2) is 4.39 Å². The normalized spacial score (nSPS) is 13.3. The molecule has 0 radical (unpaired) electrons. The first kappa shape index (κ1) is 16.2. The van der Waals surface area contributed by atoms with Gasteiger partial charge in [0.25, 0.3) is 5.91 Å². The Kier molecular flexibility index (Phi) is 4.31. The maximum atomic E-state index is 12.9. The van der Waals surface area contributed by atoms with Crippen molar-refractivity contribution in [1.29, 1.82) is 0 Å². The van der Waals surface area contributed by atoms with Gasteiger partial charge in [-0.3, -0.25) is 4.79 Å². The number of ether oxygens (including phenoxy) is 1. The van der Waals surface area contributed by atoms with Gasteiger partial charge >= 0.3 is 0 Å². The number of amides is 1. The number of nitrogens with one attached hydrogen (secondary N) is 1. The first-order chi connectivity index (χ1) is 12.7. The monoisotopic (exact) mass is 349 g/mol. The first-order valence-electron chi connectivity index (χ1n) is 8.36. The van der Waals surface area contributed by atoms with Crippen LogP contribution in [0.1, 0.15) is 23.2 Å². The Bertz CT molecular complexity index is 905. The third-order valence-electron chi connectivity index (χ3n) is 4.03. The number of rotatable bonds is 5. The van der Waals surface area contributed by atoms with Crippen LogP contribution in [-0.2, 0) is 0 Å². The Morgan fingerprint density at radius 3 is 2.31 bits per heavy atom. The van der Waals surface area contributed by atoms with Gasteiger partial charge in [-0.05, 0) is 55.3 Å². The van der Waals surface area contributed by atoms with Crippen molar-refractivity contribution in [1.82, 2.24) is 15.5 Å². The minimum absolute atomic E-state index is 0.0480. The molecule has 0 aliphatic heterocycles. The van der Waals surface area contributed by atoms with Crippen LogP contribution < -0.4 is 10.1 Å². The molecule has 4 rings (SSSR count). The molecule has 0 spiro atoms. The highest BCUT2D eigenvalue weighted by molar-refractivity contribution is 5.95. The van der Waals surface area contributed by atoms with Crippen LogP contribution in [-0.4, -0.2) is 22.1 Å². The summed E-state index contributed by atoms with van der Waals surface area (Å²) in [7, 11) is 0. The summed E-state index contributed by atoms with van der Waals surface area (Å²) in [4.78, 5) is 12.0. The number of hydrogen-bond donors (Lipinski definition) is 1. The molecule has 3 aromatic rings. The second-order valence-electron chi connectivity index (χ2n) is 6.14. The lowest BCUT2D eigenvalue weighted by molar-refractivity contribution is 0.0951. The van der Waals surface area contributed by atoms with E-state index in [1.54, 1.807) is 24.3 Å². The number of aromatic nitrogens is 2. The van der Waals surface area contributed by atoms with Crippen LogP contribution >= 0.6 is 0 Å². The largest absolute Gasteiger partial charge is 0.438 e. The summed E-state index contributed by atoms with van der Waals surface area (Å²) in [6.07, 6.45) is 2.12. The molecule has 1 aromatic heterocycles. The number of benzene rings is 2. The Balaban J connectivity index is 1.44. The Morgan fingerprint density at radius 1 is 0.962 bits per heavy atom. The Labute approximate surface area is 149 Å². The van der Waals surface area contributed by atoms with E-state index in [2.05, 4.69) is 15.5 Å². The zero-order valence-corrected chi connectivity index (χ0v) is 13.9. The lowest BCUT2D eigenvalue weighted by Gasteiger charge is -2.06. The molecule has 1 aliphatic rings. The van der Waals surface area contributed by atoms with Gasteiger partial charge in [-0.1, -0.05) is 12.1 Å². The molecular weight excluding hydrogens is 333 g/mol. The maximum Gasteiger partial charge on any atom is 0.251 e. The second kappa shape index (κ2) is 6.92. The second-order valence-corrected chi connectivity index (χ2v) is 6.14. The quantitative estimate of drug-likeness (QED) is 0.757. The van der Waals surface area contributed by atoms with E-state index in [9.17, 15) is 9.18 Å². The molecule has 1 fully saturated rings. The van der Waals surface area contributed by atoms with E-state index in [4.69, 9.17) is 4.74 Å². The minimum atomic E-state index is -0.326. The highest BCUT2D eigenvalue weighted by Crippen LogP contribution is 2.23. The summed E-state index contributed by atoms with van der Waals surface area (Å²) in [5, 5.41) is 11.1. The summed E-state index contributed by atoms with van der Waals surface area (Å²) < 4.78 is 18.4. The van der Waals surface area contributed by atoms with Gasteiger partial charge in [0.2, 0.25) is 5.88 Å². The molecule has 1 aliphatic carbocycles. The molecule has 6 heteroatoms. The van der Waals surface area contributed by atoms with Crippen LogP contribution in [0.25, 0.3) is 11.3 Å². The molecular formula is C20H16FN3O2. The van der Waals surface area contributed by atoms with Crippen molar-refractivity contribution in [2.24, 2.45) is 0 Å². The third-order valence-corrected chi connectivity index (χ3v) is 4.03. The van der Waals surface area contributed by atoms with Crippen LogP contribution in [0.15, 0.2) is 60.7 Å². The lowest BCUT2D eigenvalue weighted by atomic mass is 10.1. The number of hydrogen-bond acceptors (Lipinski definition) is 4. The summed E-state index contributed by atoms with van der Waals surface area (Å²) in [5.74, 6) is 0.432. The fraction of sp³-hybridized carbons (Fsp3) is 0.150. The Hall–Kier alpha value is -3.28. The van der Waals surface area contributed by atoms with E-state index in [1.165, 1.54) is 24.3 Å². The van der Waals surface area contributed by atoms with Crippen molar-refractivity contribution >= 4 is 5.91 Å². The van der Waals surface area contributed by atoms with Crippen molar-refractivity contribution in [3.05, 3.63) is 72.0 Å². The fourth-order valence-electron chi connectivity index (χ4n) is 2.44. The zero-order valence-electron chi connectivity index (χ0n) is 13.9. The van der Waals surface area contributed by atoms with E-state index in [0.717, 1.165) is 18.4 Å². The molecule has 130 valence electrons. The molecule has 0 bridgehead atoms. The first-order valence-corrected chi connectivity index (χ1v) is 8.36. The predicted octanol–water partition coefficient (Wildman–Crippen LogP) is 3.97. The van der Waals surface area contributed by atoms with E-state index in [0.29, 0.717) is 28.9 Å². The number of halogens is 1. The average Bonchev–Trinajstić information content (AvgIpc) is 3.48. The highest BCUT2D eigenvalue weighted by Gasteiger charge is 2.23. The van der Waals surface area contributed by atoms with Crippen LogP contribution in [0.2, 0.25) is 0 Å². The van der Waals surface area contributed by atoms with Gasteiger partial charge in [0.15, 0.2) is 0 Å². The molecule has 1 amide bonds. The predicted molar refractivity (Wildman–Crippen MR) is 94.4 cm³/mol. The number of nitrogens with zero attached hydrogens (tertiary/aromatic N) is 2. The summed E-state index contributed by atoms with van der Waals surface area (Å²) in [5.41, 5.74) is 2.16. The van der Waals surface area contributed by atoms with E-state index < -0.39 is 0 Å². The third kappa shape index (κ3) is 3.85. The molecule has 2 aromatic carbocycles. The van der Waals surface area contributed by atoms with Crippen molar-refractivity contribution in [2.75, 3.05) is 0 Å². The molecule has 1 heterocycles. The van der Waals surface area contributed by atoms with Crippen LogP contribution in [0.5, 0.6) is 11.6 Å².